The smallest absolute Gasteiger partial charge is 0.303 e. The summed E-state index contributed by atoms with van der Waals surface area (Å²) in [5.41, 5.74) is 1.13. The molecule has 0 N–H and O–H groups in total. The van der Waals surface area contributed by atoms with Crippen molar-refractivity contribution >= 4 is 11.8 Å². The van der Waals surface area contributed by atoms with Gasteiger partial charge in [0.2, 0.25) is 0 Å². The van der Waals surface area contributed by atoms with Gasteiger partial charge >= 0.3 is 5.97 Å². The molecule has 0 radical (unpaired) electrons. The quantitative estimate of drug-likeness (QED) is 0.559. The summed E-state index contributed by atoms with van der Waals surface area (Å²) in [6, 6.07) is 0. The molecule has 3 nitrogen and oxygen atoms in total. The largest absolute Gasteiger partial charge is 0.458 e. The zero-order chi connectivity index (χ0) is 13.3. The van der Waals surface area contributed by atoms with Crippen molar-refractivity contribution in [1.29, 1.82) is 0 Å². The Bertz CT molecular complexity index is 389. The van der Waals surface area contributed by atoms with E-state index < -0.39 is 0 Å². The molecule has 100 valence electrons. The first kappa shape index (κ1) is 13.3. The molecule has 0 unspecified atom stereocenters. The summed E-state index contributed by atoms with van der Waals surface area (Å²) < 4.78 is 5.35. The maximum absolute atomic E-state index is 12.0. The first-order chi connectivity index (χ1) is 8.44. The fourth-order valence-electron chi connectivity index (χ4n) is 4.06. The van der Waals surface area contributed by atoms with Crippen molar-refractivity contribution in [2.75, 3.05) is 0 Å². The highest BCUT2D eigenvalue weighted by Crippen LogP contribution is 2.53. The fourth-order valence-corrected chi connectivity index (χ4v) is 4.06. The van der Waals surface area contributed by atoms with E-state index in [0.29, 0.717) is 0 Å². The van der Waals surface area contributed by atoms with Crippen LogP contribution in [-0.4, -0.2) is 17.9 Å². The number of carbonyl (C=O) groups is 2. The number of hydrogen-bond acceptors (Lipinski definition) is 3. The van der Waals surface area contributed by atoms with E-state index in [1.165, 1.54) is 19.8 Å². The predicted octanol–water partition coefficient (Wildman–Crippen LogP) is 3.03. The molecule has 0 bridgehead atoms. The van der Waals surface area contributed by atoms with Crippen LogP contribution in [-0.2, 0) is 14.3 Å². The molecular formula is C15H22O3. The van der Waals surface area contributed by atoms with E-state index in [1.807, 2.05) is 13.0 Å². The van der Waals surface area contributed by atoms with Crippen LogP contribution in [0.25, 0.3) is 0 Å². The summed E-state index contributed by atoms with van der Waals surface area (Å²) in [7, 11) is 0. The molecule has 0 aromatic heterocycles. The molecule has 2 atom stereocenters. The Morgan fingerprint density at radius 1 is 1.28 bits per heavy atom. The van der Waals surface area contributed by atoms with Crippen LogP contribution in [0.3, 0.4) is 0 Å². The summed E-state index contributed by atoms with van der Waals surface area (Å²) in [6.07, 6.45) is 7.18. The molecule has 18 heavy (non-hydrogen) atoms. The van der Waals surface area contributed by atoms with E-state index in [9.17, 15) is 9.59 Å². The van der Waals surface area contributed by atoms with Gasteiger partial charge < -0.3 is 4.74 Å². The van der Waals surface area contributed by atoms with Crippen LogP contribution in [0, 0.1) is 11.3 Å². The normalized spacial score (nSPS) is 30.1. The monoisotopic (exact) mass is 250 g/mol. The lowest BCUT2D eigenvalue weighted by molar-refractivity contribution is -0.146. The number of Topliss-reactive ketones (excluding diaryl/α,β-unsaturated/α-hetero) is 1. The third-order valence-electron chi connectivity index (χ3n) is 4.45. The van der Waals surface area contributed by atoms with Crippen LogP contribution < -0.4 is 0 Å². The van der Waals surface area contributed by atoms with Gasteiger partial charge in [-0.05, 0) is 44.6 Å². The van der Waals surface area contributed by atoms with Gasteiger partial charge in [0.15, 0.2) is 0 Å². The van der Waals surface area contributed by atoms with Crippen molar-refractivity contribution in [3.63, 3.8) is 0 Å². The summed E-state index contributed by atoms with van der Waals surface area (Å²) in [5.74, 6) is 0.0530. The van der Waals surface area contributed by atoms with Gasteiger partial charge in [0.25, 0.3) is 0 Å². The molecule has 3 heteroatoms. The van der Waals surface area contributed by atoms with Gasteiger partial charge in [-0.15, -0.1) is 0 Å². The minimum atomic E-state index is -0.238. The number of hydrogen-bond donors (Lipinski definition) is 0. The first-order valence-corrected chi connectivity index (χ1v) is 6.81. The molecule has 0 aromatic carbocycles. The lowest BCUT2D eigenvalue weighted by Gasteiger charge is -2.42. The van der Waals surface area contributed by atoms with Crippen molar-refractivity contribution < 1.29 is 14.3 Å². The topological polar surface area (TPSA) is 43.4 Å². The number of carbonyl (C=O) groups excluding carboxylic acids is 2. The highest BCUT2D eigenvalue weighted by atomic mass is 16.5. The van der Waals surface area contributed by atoms with Crippen molar-refractivity contribution in [1.82, 2.24) is 0 Å². The molecule has 2 aliphatic rings. The first-order valence-electron chi connectivity index (χ1n) is 6.81. The van der Waals surface area contributed by atoms with Gasteiger partial charge in [0.05, 0.1) is 0 Å². The summed E-state index contributed by atoms with van der Waals surface area (Å²) >= 11 is 0. The predicted molar refractivity (Wildman–Crippen MR) is 69.0 cm³/mol. The second-order valence-corrected chi connectivity index (χ2v) is 5.88. The molecule has 2 aliphatic carbocycles. The number of ketones is 1. The Hall–Kier alpha value is -1.12. The van der Waals surface area contributed by atoms with Crippen LogP contribution in [0.15, 0.2) is 11.6 Å². The third kappa shape index (κ3) is 2.36. The Morgan fingerprint density at radius 3 is 2.39 bits per heavy atom. The maximum Gasteiger partial charge on any atom is 0.303 e. The second kappa shape index (κ2) is 4.87. The van der Waals surface area contributed by atoms with Gasteiger partial charge in [0, 0.05) is 12.8 Å². The number of allylic oxidation sites excluding steroid dienone is 1. The van der Waals surface area contributed by atoms with Crippen molar-refractivity contribution in [3.05, 3.63) is 11.6 Å². The van der Waals surface area contributed by atoms with Crippen LogP contribution in [0.4, 0.5) is 0 Å². The molecule has 2 rings (SSSR count). The molecule has 1 fully saturated rings. The van der Waals surface area contributed by atoms with E-state index in [-0.39, 0.29) is 29.2 Å². The highest BCUT2D eigenvalue weighted by Gasteiger charge is 2.48. The molecule has 0 aliphatic heterocycles. The average molecular weight is 250 g/mol. The summed E-state index contributed by atoms with van der Waals surface area (Å²) in [4.78, 5) is 23.1. The summed E-state index contributed by atoms with van der Waals surface area (Å²) in [5, 5.41) is 0. The Balaban J connectivity index is 2.30. The SMILES string of the molecule is CC(=O)O[C@H]1C=C(C)[C@H](C(C)=O)C2(CCCC2)C1. The van der Waals surface area contributed by atoms with E-state index >= 15 is 0 Å². The van der Waals surface area contributed by atoms with E-state index in [1.54, 1.807) is 6.92 Å². The lowest BCUT2D eigenvalue weighted by Crippen LogP contribution is -2.41. The van der Waals surface area contributed by atoms with Crippen LogP contribution in [0.1, 0.15) is 52.9 Å². The third-order valence-corrected chi connectivity index (χ3v) is 4.45. The number of rotatable bonds is 2. The van der Waals surface area contributed by atoms with E-state index in [2.05, 4.69) is 0 Å². The second-order valence-electron chi connectivity index (χ2n) is 5.88. The van der Waals surface area contributed by atoms with Crippen LogP contribution in [0.5, 0.6) is 0 Å². The van der Waals surface area contributed by atoms with Gasteiger partial charge in [0.1, 0.15) is 11.9 Å². The minimum absolute atomic E-state index is 0.0341. The molecule has 1 saturated carbocycles. The number of esters is 1. The van der Waals surface area contributed by atoms with E-state index in [4.69, 9.17) is 4.74 Å². The minimum Gasteiger partial charge on any atom is -0.458 e. The summed E-state index contributed by atoms with van der Waals surface area (Å²) in [6.45, 7) is 5.14. The molecule has 0 saturated heterocycles. The van der Waals surface area contributed by atoms with Crippen LogP contribution in [0.2, 0.25) is 0 Å². The average Bonchev–Trinajstić information content (AvgIpc) is 2.63. The zero-order valence-corrected chi connectivity index (χ0v) is 11.5. The molecule has 1 spiro atoms. The van der Waals surface area contributed by atoms with Crippen molar-refractivity contribution in [3.8, 4) is 0 Å². The number of ether oxygens (including phenoxy) is 1. The van der Waals surface area contributed by atoms with E-state index in [0.717, 1.165) is 24.8 Å². The van der Waals surface area contributed by atoms with Gasteiger partial charge in [-0.3, -0.25) is 9.59 Å². The Morgan fingerprint density at radius 2 is 1.89 bits per heavy atom. The van der Waals surface area contributed by atoms with Gasteiger partial charge in [-0.2, -0.15) is 0 Å². The fraction of sp³-hybridized carbons (Fsp3) is 0.733. The standard InChI is InChI=1S/C15H22O3/c1-10-8-13(18-12(3)17)9-15(6-4-5-7-15)14(10)11(2)16/h8,13-14H,4-7,9H2,1-3H3/t13-,14+/m0/s1. The lowest BCUT2D eigenvalue weighted by atomic mass is 9.63. The van der Waals surface area contributed by atoms with Crippen molar-refractivity contribution in [2.24, 2.45) is 11.3 Å². The highest BCUT2D eigenvalue weighted by molar-refractivity contribution is 5.82. The Kier molecular flexibility index (Phi) is 3.60. The maximum atomic E-state index is 12.0. The molecule has 0 amide bonds. The van der Waals surface area contributed by atoms with Crippen LogP contribution >= 0.6 is 0 Å². The van der Waals surface area contributed by atoms with Gasteiger partial charge in [-0.1, -0.05) is 18.4 Å². The molecular weight excluding hydrogens is 228 g/mol. The van der Waals surface area contributed by atoms with Gasteiger partial charge in [-0.25, -0.2) is 0 Å². The molecule has 0 aromatic rings. The molecule has 0 heterocycles. The Labute approximate surface area is 109 Å². The van der Waals surface area contributed by atoms with Crippen molar-refractivity contribution in [2.45, 2.75) is 59.0 Å². The zero-order valence-electron chi connectivity index (χ0n) is 11.5.